The van der Waals surface area contributed by atoms with E-state index >= 15 is 0 Å². The van der Waals surface area contributed by atoms with Gasteiger partial charge in [0.05, 0.1) is 0 Å². The Morgan fingerprint density at radius 3 is 2.25 bits per heavy atom. The lowest BCUT2D eigenvalue weighted by Crippen LogP contribution is -2.65. The summed E-state index contributed by atoms with van der Waals surface area (Å²) in [6.45, 7) is 17.1. The van der Waals surface area contributed by atoms with Crippen molar-refractivity contribution >= 4 is 17.6 Å². The predicted octanol–water partition coefficient (Wildman–Crippen LogP) is 5.50. The maximum atomic E-state index is 13.5. The molecule has 7 rings (SSSR count). The number of hydrogen-bond donors (Lipinski definition) is 2. The molecule has 0 aromatic carbocycles. The minimum absolute atomic E-state index is 0.00220. The largest absolute Gasteiger partial charge is 0.504 e. The average Bonchev–Trinajstić information content (AvgIpc) is 3.52. The number of hydrogen-bond acceptors (Lipinski definition) is 5. The zero-order valence-electron chi connectivity index (χ0n) is 27.8. The fourth-order valence-electron chi connectivity index (χ4n) is 11.4. The molecule has 0 aromatic heterocycles. The molecule has 0 aromatic rings. The highest BCUT2D eigenvalue weighted by atomic mass is 16.3. The molecular weight excluding hydrogens is 550 g/mol. The van der Waals surface area contributed by atoms with Crippen LogP contribution in [-0.2, 0) is 14.4 Å². The van der Waals surface area contributed by atoms with Crippen LogP contribution in [0.4, 0.5) is 0 Å². The zero-order valence-corrected chi connectivity index (χ0v) is 27.8. The van der Waals surface area contributed by atoms with Crippen molar-refractivity contribution in [3.63, 3.8) is 0 Å². The summed E-state index contributed by atoms with van der Waals surface area (Å²) in [6.07, 6.45) is 13.1. The lowest BCUT2D eigenvalue weighted by molar-refractivity contribution is -0.159. The molecule has 2 saturated heterocycles. The third-order valence-electron chi connectivity index (χ3n) is 14.4. The van der Waals surface area contributed by atoms with Gasteiger partial charge < -0.3 is 20.2 Å². The quantitative estimate of drug-likeness (QED) is 0.388. The molecule has 7 heteroatoms. The number of likely N-dealkylation sites (tertiary alicyclic amines) is 2. The van der Waals surface area contributed by atoms with Crippen molar-refractivity contribution in [1.82, 2.24) is 15.1 Å². The Hall–Kier alpha value is -2.67. The van der Waals surface area contributed by atoms with Gasteiger partial charge in [-0.05, 0) is 117 Å². The standard InChI is InChI=1S/C37H51N3O4/c1-22-25-8-9-28-35(4,26(25)16-27(41)30(22)42)13-15-37(6)29-17-34(3,12-10-33(29,2)11-14-36(28,37)5)38-31(43)32(44)40-20-23-18-39(7)19-24(23)21-40/h8-9,16,23-24,29,42H,10-15,17-21H2,1-7H3,(H,38,43)/t23-,24-,29?,33+,34+,35?,36+,37-/m0/s1. The predicted molar refractivity (Wildman–Crippen MR) is 170 cm³/mol. The highest BCUT2D eigenvalue weighted by Crippen LogP contribution is 2.75. The van der Waals surface area contributed by atoms with E-state index < -0.39 is 11.4 Å². The van der Waals surface area contributed by atoms with Gasteiger partial charge in [-0.15, -0.1) is 0 Å². The first kappa shape index (κ1) is 30.0. The van der Waals surface area contributed by atoms with Crippen LogP contribution in [0.2, 0.25) is 0 Å². The van der Waals surface area contributed by atoms with Crippen LogP contribution in [0.25, 0.3) is 0 Å². The van der Waals surface area contributed by atoms with Gasteiger partial charge in [0.2, 0.25) is 5.78 Å². The van der Waals surface area contributed by atoms with E-state index in [2.05, 4.69) is 64.0 Å². The van der Waals surface area contributed by atoms with E-state index in [4.69, 9.17) is 0 Å². The highest BCUT2D eigenvalue weighted by Gasteiger charge is 2.67. The van der Waals surface area contributed by atoms with Crippen molar-refractivity contribution in [2.24, 2.45) is 39.4 Å². The van der Waals surface area contributed by atoms with Crippen molar-refractivity contribution in [3.8, 4) is 0 Å². The first-order chi connectivity index (χ1) is 20.5. The monoisotopic (exact) mass is 601 g/mol. The topological polar surface area (TPSA) is 89.9 Å². The van der Waals surface area contributed by atoms with Crippen molar-refractivity contribution in [2.75, 3.05) is 33.2 Å². The van der Waals surface area contributed by atoms with Gasteiger partial charge >= 0.3 is 11.8 Å². The van der Waals surface area contributed by atoms with Gasteiger partial charge in [0.25, 0.3) is 0 Å². The summed E-state index contributed by atoms with van der Waals surface area (Å²) in [5.74, 6) is 0.129. The Balaban J connectivity index is 1.15. The Morgan fingerprint density at radius 1 is 0.909 bits per heavy atom. The van der Waals surface area contributed by atoms with Gasteiger partial charge in [-0.1, -0.05) is 45.4 Å². The molecule has 2 N–H and O–H groups in total. The Kier molecular flexibility index (Phi) is 6.43. The second-order valence-electron chi connectivity index (χ2n) is 17.0. The number of ketones is 1. The molecule has 238 valence electrons. The van der Waals surface area contributed by atoms with Gasteiger partial charge in [-0.3, -0.25) is 14.4 Å². The maximum absolute atomic E-state index is 13.5. The molecular formula is C37H51N3O4. The van der Waals surface area contributed by atoms with Crippen molar-refractivity contribution in [2.45, 2.75) is 92.0 Å². The van der Waals surface area contributed by atoms with E-state index in [-0.39, 0.29) is 39.1 Å². The molecule has 5 aliphatic carbocycles. The summed E-state index contributed by atoms with van der Waals surface area (Å²) in [4.78, 5) is 43.8. The maximum Gasteiger partial charge on any atom is 0.311 e. The molecule has 5 fully saturated rings. The third-order valence-corrected chi connectivity index (χ3v) is 14.4. The zero-order chi connectivity index (χ0) is 31.6. The Morgan fingerprint density at radius 2 is 1.57 bits per heavy atom. The first-order valence-electron chi connectivity index (χ1n) is 16.9. The number of rotatable bonds is 1. The lowest BCUT2D eigenvalue weighted by Gasteiger charge is -2.70. The minimum Gasteiger partial charge on any atom is -0.504 e. The molecule has 2 aliphatic heterocycles. The molecule has 3 saturated carbocycles. The van der Waals surface area contributed by atoms with E-state index in [0.29, 0.717) is 36.4 Å². The van der Waals surface area contributed by atoms with Crippen molar-refractivity contribution in [1.29, 1.82) is 0 Å². The number of aliphatic hydroxyl groups is 1. The SMILES string of the molecule is CC1=C(O)C(=O)C=C2C1=CC=C1C2(C)CC[C@@]2(C)C3C[C@](C)(NC(=O)C(=O)N4C[C@@H]5CN(C)C[C@H]5C4)CC[C@]3(C)CC[C@]12C. The molecule has 2 heterocycles. The number of nitrogens with zero attached hydrogens (tertiary/aromatic N) is 2. The first-order valence-corrected chi connectivity index (χ1v) is 16.9. The van der Waals surface area contributed by atoms with E-state index in [0.717, 1.165) is 69.2 Å². The third kappa shape index (κ3) is 3.99. The second-order valence-corrected chi connectivity index (χ2v) is 17.0. The molecule has 0 bridgehead atoms. The number of carbonyl (C=O) groups is 3. The second kappa shape index (κ2) is 9.43. The minimum atomic E-state index is -0.433. The summed E-state index contributed by atoms with van der Waals surface area (Å²) in [7, 11) is 2.13. The molecule has 8 atom stereocenters. The molecule has 2 amide bonds. The fraction of sp³-hybridized carbons (Fsp3) is 0.703. The number of allylic oxidation sites excluding steroid dienone is 7. The summed E-state index contributed by atoms with van der Waals surface area (Å²) < 4.78 is 0. The van der Waals surface area contributed by atoms with Crippen LogP contribution in [0.15, 0.2) is 46.3 Å². The van der Waals surface area contributed by atoms with Crippen LogP contribution in [0, 0.1) is 39.4 Å². The van der Waals surface area contributed by atoms with E-state index in [1.807, 2.05) is 6.92 Å². The fourth-order valence-corrected chi connectivity index (χ4v) is 11.4. The number of aliphatic hydroxyl groups excluding tert-OH is 1. The van der Waals surface area contributed by atoms with E-state index in [1.165, 1.54) is 5.57 Å². The van der Waals surface area contributed by atoms with Crippen LogP contribution in [-0.4, -0.2) is 71.3 Å². The number of carbonyl (C=O) groups excluding carboxylic acids is 3. The average molecular weight is 602 g/mol. The summed E-state index contributed by atoms with van der Waals surface area (Å²) in [5, 5.41) is 13.7. The molecule has 0 radical (unpaired) electrons. The summed E-state index contributed by atoms with van der Waals surface area (Å²) in [5.41, 5.74) is 3.55. The van der Waals surface area contributed by atoms with Crippen LogP contribution in [0.3, 0.4) is 0 Å². The van der Waals surface area contributed by atoms with E-state index in [9.17, 15) is 19.5 Å². The molecule has 2 unspecified atom stereocenters. The van der Waals surface area contributed by atoms with Gasteiger partial charge in [-0.2, -0.15) is 0 Å². The number of amides is 2. The van der Waals surface area contributed by atoms with Crippen LogP contribution < -0.4 is 5.32 Å². The van der Waals surface area contributed by atoms with Crippen LogP contribution in [0.1, 0.15) is 86.5 Å². The van der Waals surface area contributed by atoms with Gasteiger partial charge in [0.15, 0.2) is 5.76 Å². The highest BCUT2D eigenvalue weighted by molar-refractivity contribution is 6.35. The van der Waals surface area contributed by atoms with Crippen LogP contribution >= 0.6 is 0 Å². The summed E-state index contributed by atoms with van der Waals surface area (Å²) >= 11 is 0. The van der Waals surface area contributed by atoms with E-state index in [1.54, 1.807) is 11.0 Å². The molecule has 7 nitrogen and oxygen atoms in total. The number of nitrogens with one attached hydrogen (secondary N) is 1. The Labute approximate surface area is 262 Å². The van der Waals surface area contributed by atoms with Gasteiger partial charge in [0.1, 0.15) is 0 Å². The number of fused-ring (bicyclic) bond motifs is 8. The normalized spacial score (nSPS) is 44.9. The lowest BCUT2D eigenvalue weighted by atomic mass is 9.35. The molecule has 7 aliphatic rings. The van der Waals surface area contributed by atoms with Crippen LogP contribution in [0.5, 0.6) is 0 Å². The molecule has 44 heavy (non-hydrogen) atoms. The molecule has 0 spiro atoms. The van der Waals surface area contributed by atoms with Gasteiger partial charge in [0, 0.05) is 42.7 Å². The smallest absolute Gasteiger partial charge is 0.311 e. The summed E-state index contributed by atoms with van der Waals surface area (Å²) in [6, 6.07) is 0. The van der Waals surface area contributed by atoms with Crippen molar-refractivity contribution < 1.29 is 19.5 Å². The van der Waals surface area contributed by atoms with Crippen molar-refractivity contribution in [3.05, 3.63) is 46.3 Å². The Bertz CT molecular complexity index is 1470. The van der Waals surface area contributed by atoms with Gasteiger partial charge in [-0.25, -0.2) is 0 Å².